The molecule has 0 saturated carbocycles. The molecule has 1 aromatic heterocycles. The highest BCUT2D eigenvalue weighted by molar-refractivity contribution is 7.99. The molecule has 0 unspecified atom stereocenters. The van der Waals surface area contributed by atoms with Crippen LogP contribution in [0.5, 0.6) is 5.75 Å². The van der Waals surface area contributed by atoms with Crippen LogP contribution in [0, 0.1) is 6.92 Å². The average Bonchev–Trinajstić information content (AvgIpc) is 2.82. The Kier molecular flexibility index (Phi) is 10.3. The Hall–Kier alpha value is -3.13. The van der Waals surface area contributed by atoms with E-state index in [0.29, 0.717) is 11.3 Å². The molecule has 1 aliphatic rings. The molecule has 0 aliphatic carbocycles. The van der Waals surface area contributed by atoms with Crippen molar-refractivity contribution < 1.29 is 37.7 Å². The summed E-state index contributed by atoms with van der Waals surface area (Å²) in [4.78, 5) is 49.0. The van der Waals surface area contributed by atoms with Crippen LogP contribution in [-0.2, 0) is 28.6 Å². The number of hydrogen-bond acceptors (Lipinski definition) is 13. The number of rotatable bonds is 11. The first-order valence-corrected chi connectivity index (χ1v) is 12.7. The molecule has 37 heavy (non-hydrogen) atoms. The lowest BCUT2D eigenvalue weighted by Crippen LogP contribution is -2.57. The highest BCUT2D eigenvalue weighted by atomic mass is 32.2. The molecule has 0 amide bonds. The van der Waals surface area contributed by atoms with Crippen molar-refractivity contribution in [3.05, 3.63) is 40.2 Å². The maximum Gasteiger partial charge on any atom is 0.336 e. The number of nitrogens with one attached hydrogen (secondary N) is 3. The summed E-state index contributed by atoms with van der Waals surface area (Å²) in [6, 6.07) is 6.42. The summed E-state index contributed by atoms with van der Waals surface area (Å²) < 4.78 is 28.3. The zero-order valence-electron chi connectivity index (χ0n) is 21.0. The van der Waals surface area contributed by atoms with E-state index < -0.39 is 47.3 Å². The second-order valence-corrected chi connectivity index (χ2v) is 9.39. The number of hydrogen-bond donors (Lipinski definition) is 3. The maximum atomic E-state index is 12.5. The molecule has 0 radical (unpaired) electrons. The van der Waals surface area contributed by atoms with Gasteiger partial charge in [0.25, 0.3) is 0 Å². The Labute approximate surface area is 217 Å². The van der Waals surface area contributed by atoms with Crippen LogP contribution < -0.4 is 26.3 Å². The van der Waals surface area contributed by atoms with Crippen molar-refractivity contribution in [2.24, 2.45) is 0 Å². The number of likely N-dealkylation sites (N-methyl/N-ethyl adjacent to an activating group) is 3. The van der Waals surface area contributed by atoms with Gasteiger partial charge < -0.3 is 39.3 Å². The summed E-state index contributed by atoms with van der Waals surface area (Å²) in [5.74, 6) is -1.23. The van der Waals surface area contributed by atoms with Crippen LogP contribution in [0.4, 0.5) is 0 Å². The van der Waals surface area contributed by atoms with Gasteiger partial charge in [-0.25, -0.2) is 4.79 Å². The van der Waals surface area contributed by atoms with Crippen LogP contribution >= 0.6 is 11.8 Å². The van der Waals surface area contributed by atoms with Crippen molar-refractivity contribution in [1.82, 2.24) is 16.0 Å². The summed E-state index contributed by atoms with van der Waals surface area (Å²) in [5, 5.41) is 8.87. The number of carbonyl (C=O) groups excluding carboxylic acids is 3. The van der Waals surface area contributed by atoms with Crippen molar-refractivity contribution in [1.29, 1.82) is 0 Å². The number of carbonyl (C=O) groups is 3. The molecule has 12 nitrogen and oxygen atoms in total. The molecule has 1 fully saturated rings. The quantitative estimate of drug-likeness (QED) is 0.199. The maximum absolute atomic E-state index is 12.5. The normalized spacial score (nSPS) is 21.3. The Morgan fingerprint density at radius 3 is 2.14 bits per heavy atom. The average molecular weight is 538 g/mol. The van der Waals surface area contributed by atoms with Crippen molar-refractivity contribution in [2.45, 2.75) is 30.7 Å². The van der Waals surface area contributed by atoms with Crippen LogP contribution in [-0.4, -0.2) is 88.2 Å². The zero-order chi connectivity index (χ0) is 26.9. The van der Waals surface area contributed by atoms with E-state index in [-0.39, 0.29) is 25.4 Å². The molecule has 4 atom stereocenters. The predicted molar refractivity (Wildman–Crippen MR) is 136 cm³/mol. The Morgan fingerprint density at radius 2 is 1.51 bits per heavy atom. The smallest absolute Gasteiger partial charge is 0.336 e. The lowest BCUT2D eigenvalue weighted by atomic mass is 10.1. The number of aryl methyl sites for hydroxylation is 1. The number of thioether (sulfide) groups is 1. The van der Waals surface area contributed by atoms with E-state index in [4.69, 9.17) is 23.4 Å². The highest BCUT2D eigenvalue weighted by Crippen LogP contribution is 2.35. The first kappa shape index (κ1) is 28.4. The fraction of sp³-hybridized carbons (Fsp3) is 0.500. The van der Waals surface area contributed by atoms with E-state index in [2.05, 4.69) is 16.0 Å². The van der Waals surface area contributed by atoms with Crippen molar-refractivity contribution in [3.63, 3.8) is 0 Å². The molecule has 3 rings (SSSR count). The molecule has 0 bridgehead atoms. The zero-order valence-corrected chi connectivity index (χ0v) is 21.8. The lowest BCUT2D eigenvalue weighted by Gasteiger charge is -2.40. The third-order valence-corrected chi connectivity index (χ3v) is 6.55. The van der Waals surface area contributed by atoms with Gasteiger partial charge in [-0.2, -0.15) is 0 Å². The molecular weight excluding hydrogens is 506 g/mol. The second-order valence-electron chi connectivity index (χ2n) is 8.25. The molecule has 1 aromatic carbocycles. The van der Waals surface area contributed by atoms with Gasteiger partial charge in [-0.05, 0) is 45.8 Å². The molecular formula is C24H31N3O9S. The first-order valence-electron chi connectivity index (χ1n) is 11.6. The van der Waals surface area contributed by atoms with Gasteiger partial charge in [0.15, 0.2) is 23.7 Å². The summed E-state index contributed by atoms with van der Waals surface area (Å²) in [7, 11) is 4.77. The van der Waals surface area contributed by atoms with Crippen LogP contribution in [0.1, 0.15) is 5.56 Å². The molecule has 2 heterocycles. The summed E-state index contributed by atoms with van der Waals surface area (Å²) >= 11 is 1.23. The van der Waals surface area contributed by atoms with Crippen molar-refractivity contribution >= 4 is 40.6 Å². The Morgan fingerprint density at radius 1 is 0.919 bits per heavy atom. The molecule has 3 N–H and O–H groups in total. The van der Waals surface area contributed by atoms with Gasteiger partial charge >= 0.3 is 23.5 Å². The minimum Gasteiger partial charge on any atom is -0.476 e. The number of benzene rings is 1. The van der Waals surface area contributed by atoms with Crippen molar-refractivity contribution in [3.8, 4) is 5.75 Å². The second kappa shape index (κ2) is 13.4. The minimum absolute atomic E-state index is 0.0514. The Bertz CT molecular complexity index is 1170. The number of fused-ring (bicyclic) bond motifs is 1. The molecule has 1 saturated heterocycles. The predicted octanol–water partition coefficient (Wildman–Crippen LogP) is -0.0533. The van der Waals surface area contributed by atoms with Crippen LogP contribution in [0.15, 0.2) is 33.5 Å². The molecule has 1 aliphatic heterocycles. The van der Waals surface area contributed by atoms with Gasteiger partial charge in [-0.1, -0.05) is 0 Å². The fourth-order valence-electron chi connectivity index (χ4n) is 3.76. The van der Waals surface area contributed by atoms with E-state index in [9.17, 15) is 19.2 Å². The SMILES string of the molecule is CNCC(=O)O[C@@H]1[C@@H](OC(=O)CNC)[C@H](OC(=O)CNC)CS[C@H]1Oc1ccc2c(C)cc(=O)oc2c1. The standard InChI is InChI=1S/C24H31N3O9S/c1-13-7-18(28)33-16-8-14(5-6-15(13)16)32-24-23(36-21(31)11-27-4)22(35-20(30)10-26-3)17(12-37-24)34-19(29)9-25-2/h5-8,17,22-27H,9-12H2,1-4H3/t17-,22+,23-,24-/m1/s1. The van der Waals surface area contributed by atoms with Gasteiger partial charge in [0.05, 0.1) is 19.6 Å². The van der Waals surface area contributed by atoms with Crippen LogP contribution in [0.2, 0.25) is 0 Å². The van der Waals surface area contributed by atoms with E-state index in [0.717, 1.165) is 10.9 Å². The summed E-state index contributed by atoms with van der Waals surface area (Å²) in [5.41, 5.74) is -0.230. The van der Waals surface area contributed by atoms with Gasteiger partial charge in [-0.15, -0.1) is 11.8 Å². The summed E-state index contributed by atoms with van der Waals surface area (Å²) in [6.07, 6.45) is -3.14. The summed E-state index contributed by atoms with van der Waals surface area (Å²) in [6.45, 7) is 1.54. The van der Waals surface area contributed by atoms with Gasteiger partial charge in [0.2, 0.25) is 0 Å². The monoisotopic (exact) mass is 537 g/mol. The van der Waals surface area contributed by atoms with Crippen LogP contribution in [0.3, 0.4) is 0 Å². The van der Waals surface area contributed by atoms with E-state index in [1.54, 1.807) is 46.3 Å². The first-order chi connectivity index (χ1) is 17.7. The molecule has 0 spiro atoms. The fourth-order valence-corrected chi connectivity index (χ4v) is 4.97. The number of ether oxygens (including phenoxy) is 4. The van der Waals surface area contributed by atoms with Gasteiger partial charge in [-0.3, -0.25) is 14.4 Å². The highest BCUT2D eigenvalue weighted by Gasteiger charge is 2.48. The van der Waals surface area contributed by atoms with E-state index in [1.807, 2.05) is 0 Å². The third-order valence-electron chi connectivity index (χ3n) is 5.34. The molecule has 2 aromatic rings. The third kappa shape index (κ3) is 7.68. The topological polar surface area (TPSA) is 154 Å². The van der Waals surface area contributed by atoms with Crippen molar-refractivity contribution in [2.75, 3.05) is 46.5 Å². The Balaban J connectivity index is 1.93. The van der Waals surface area contributed by atoms with Gasteiger partial charge in [0, 0.05) is 23.3 Å². The van der Waals surface area contributed by atoms with Gasteiger partial charge in [0.1, 0.15) is 11.3 Å². The van der Waals surface area contributed by atoms with E-state index in [1.165, 1.54) is 17.8 Å². The number of esters is 3. The largest absolute Gasteiger partial charge is 0.476 e. The van der Waals surface area contributed by atoms with Crippen LogP contribution in [0.25, 0.3) is 11.0 Å². The lowest BCUT2D eigenvalue weighted by molar-refractivity contribution is -0.188. The minimum atomic E-state index is -1.13. The molecule has 13 heteroatoms. The molecule has 202 valence electrons. The van der Waals surface area contributed by atoms with E-state index >= 15 is 0 Å².